The number of ether oxygens (including phenoxy) is 1. The number of nitrogens with two attached hydrogens (primary N) is 1. The average Bonchev–Trinajstić information content (AvgIpc) is 2.73. The van der Waals surface area contributed by atoms with Gasteiger partial charge in [-0.25, -0.2) is 4.99 Å². The molecule has 1 aromatic heterocycles. The summed E-state index contributed by atoms with van der Waals surface area (Å²) >= 11 is 1.77. The number of guanidine groups is 1. The minimum Gasteiger partial charge on any atom is -0.378 e. The highest BCUT2D eigenvalue weighted by Crippen LogP contribution is 2.15. The molecule has 0 saturated carbocycles. The van der Waals surface area contributed by atoms with Gasteiger partial charge in [0.25, 0.3) is 0 Å². The maximum atomic E-state index is 5.93. The number of nitrogens with zero attached hydrogens (tertiary/aromatic N) is 2. The molecule has 1 aliphatic rings. The van der Waals surface area contributed by atoms with Crippen LogP contribution in [0.15, 0.2) is 17.1 Å². The first-order valence-corrected chi connectivity index (χ1v) is 6.25. The maximum absolute atomic E-state index is 5.93. The number of morpholine rings is 1. The van der Waals surface area contributed by atoms with Gasteiger partial charge >= 0.3 is 0 Å². The second-order valence-electron chi connectivity index (χ2n) is 3.79. The zero-order valence-corrected chi connectivity index (χ0v) is 13.0. The van der Waals surface area contributed by atoms with E-state index in [4.69, 9.17) is 10.5 Å². The minimum absolute atomic E-state index is 0. The van der Waals surface area contributed by atoms with Gasteiger partial charge in [0.15, 0.2) is 5.96 Å². The van der Waals surface area contributed by atoms with Crippen LogP contribution in [0, 0.1) is 6.92 Å². The van der Waals surface area contributed by atoms with Gasteiger partial charge < -0.3 is 15.4 Å². The van der Waals surface area contributed by atoms with Crippen molar-refractivity contribution in [3.8, 4) is 0 Å². The smallest absolute Gasteiger partial charge is 0.191 e. The molecule has 96 valence electrons. The molecule has 0 aromatic carbocycles. The molecule has 0 unspecified atom stereocenters. The Kier molecular flexibility index (Phi) is 6.21. The van der Waals surface area contributed by atoms with E-state index >= 15 is 0 Å². The second kappa shape index (κ2) is 7.17. The van der Waals surface area contributed by atoms with Crippen LogP contribution in [0.5, 0.6) is 0 Å². The number of aliphatic imine (C=N–C) groups is 1. The highest BCUT2D eigenvalue weighted by atomic mass is 127. The molecule has 2 N–H and O–H groups in total. The van der Waals surface area contributed by atoms with E-state index in [2.05, 4.69) is 28.9 Å². The van der Waals surface area contributed by atoms with Gasteiger partial charge in [-0.1, -0.05) is 0 Å². The Hall–Kier alpha value is -0.340. The van der Waals surface area contributed by atoms with Gasteiger partial charge in [0.2, 0.25) is 0 Å². The number of thiophene rings is 1. The number of halogens is 1. The molecule has 0 radical (unpaired) electrons. The average molecular weight is 367 g/mol. The van der Waals surface area contributed by atoms with Crippen molar-refractivity contribution in [2.24, 2.45) is 10.7 Å². The van der Waals surface area contributed by atoms with Gasteiger partial charge in [-0.15, -0.1) is 35.3 Å². The molecule has 0 aliphatic carbocycles. The summed E-state index contributed by atoms with van der Waals surface area (Å²) < 4.78 is 5.27. The lowest BCUT2D eigenvalue weighted by atomic mass is 10.4. The predicted molar refractivity (Wildman–Crippen MR) is 82.2 cm³/mol. The van der Waals surface area contributed by atoms with E-state index < -0.39 is 0 Å². The quantitative estimate of drug-likeness (QED) is 0.493. The number of hydrogen-bond acceptors (Lipinski definition) is 3. The Morgan fingerprint density at radius 2 is 2.18 bits per heavy atom. The lowest BCUT2D eigenvalue weighted by Crippen LogP contribution is -2.44. The summed E-state index contributed by atoms with van der Waals surface area (Å²) in [5.41, 5.74) is 5.93. The summed E-state index contributed by atoms with van der Waals surface area (Å²) in [7, 11) is 0. The van der Waals surface area contributed by atoms with Crippen molar-refractivity contribution in [2.45, 2.75) is 13.5 Å². The third-order valence-electron chi connectivity index (χ3n) is 2.53. The SMILES string of the molecule is Cc1ccc(CN=C(N)N2CCOCC2)s1.I. The van der Waals surface area contributed by atoms with Crippen LogP contribution in [0.4, 0.5) is 0 Å². The first kappa shape index (κ1) is 14.7. The molecule has 2 rings (SSSR count). The summed E-state index contributed by atoms with van der Waals surface area (Å²) in [6.45, 7) is 5.96. The molecule has 2 heterocycles. The Morgan fingerprint density at radius 1 is 1.47 bits per heavy atom. The molecular weight excluding hydrogens is 349 g/mol. The Morgan fingerprint density at radius 3 is 2.76 bits per heavy atom. The van der Waals surface area contributed by atoms with Crippen LogP contribution < -0.4 is 5.73 Å². The summed E-state index contributed by atoms with van der Waals surface area (Å²) in [5, 5.41) is 0. The molecule has 0 amide bonds. The summed E-state index contributed by atoms with van der Waals surface area (Å²) in [4.78, 5) is 9.05. The van der Waals surface area contributed by atoms with Gasteiger partial charge in [0.05, 0.1) is 19.8 Å². The van der Waals surface area contributed by atoms with Crippen LogP contribution in [0.3, 0.4) is 0 Å². The van der Waals surface area contributed by atoms with Crippen LogP contribution in [-0.4, -0.2) is 37.2 Å². The molecule has 0 spiro atoms. The van der Waals surface area contributed by atoms with Crippen LogP contribution in [0.25, 0.3) is 0 Å². The van der Waals surface area contributed by atoms with Crippen molar-refractivity contribution in [3.05, 3.63) is 21.9 Å². The maximum Gasteiger partial charge on any atom is 0.191 e. The van der Waals surface area contributed by atoms with E-state index in [0.29, 0.717) is 12.5 Å². The summed E-state index contributed by atoms with van der Waals surface area (Å²) in [5.74, 6) is 0.634. The molecule has 17 heavy (non-hydrogen) atoms. The Bertz CT molecular complexity index is 375. The normalized spacial score (nSPS) is 16.8. The minimum atomic E-state index is 0. The van der Waals surface area contributed by atoms with E-state index in [0.717, 1.165) is 26.3 Å². The fourth-order valence-electron chi connectivity index (χ4n) is 1.62. The van der Waals surface area contributed by atoms with E-state index in [-0.39, 0.29) is 24.0 Å². The first-order chi connectivity index (χ1) is 7.75. The standard InChI is InChI=1S/C11H17N3OS.HI/c1-9-2-3-10(16-9)8-13-11(12)14-4-6-15-7-5-14;/h2-3H,4-8H2,1H3,(H2,12,13);1H. The molecule has 4 nitrogen and oxygen atoms in total. The molecule has 1 saturated heterocycles. The van der Waals surface area contributed by atoms with E-state index in [1.165, 1.54) is 9.75 Å². The third-order valence-corrected chi connectivity index (χ3v) is 3.51. The largest absolute Gasteiger partial charge is 0.378 e. The Labute approximate surface area is 123 Å². The molecule has 0 bridgehead atoms. The van der Waals surface area contributed by atoms with Gasteiger partial charge in [0.1, 0.15) is 0 Å². The van der Waals surface area contributed by atoms with Crippen LogP contribution in [0.2, 0.25) is 0 Å². The van der Waals surface area contributed by atoms with Gasteiger partial charge in [-0.3, -0.25) is 0 Å². The molecule has 1 aromatic rings. The zero-order valence-electron chi connectivity index (χ0n) is 9.89. The fraction of sp³-hybridized carbons (Fsp3) is 0.545. The second-order valence-corrected chi connectivity index (χ2v) is 5.16. The molecule has 1 fully saturated rings. The van der Waals surface area contributed by atoms with E-state index in [1.807, 2.05) is 0 Å². The van der Waals surface area contributed by atoms with Crippen LogP contribution in [-0.2, 0) is 11.3 Å². The first-order valence-electron chi connectivity index (χ1n) is 5.43. The fourth-order valence-corrected chi connectivity index (χ4v) is 2.44. The van der Waals surface area contributed by atoms with Crippen molar-refractivity contribution < 1.29 is 4.74 Å². The molecule has 1 aliphatic heterocycles. The summed E-state index contributed by atoms with van der Waals surface area (Å²) in [6, 6.07) is 4.22. The molecular formula is C11H18IN3OS. The predicted octanol–water partition coefficient (Wildman–Crippen LogP) is 1.82. The van der Waals surface area contributed by atoms with Crippen molar-refractivity contribution >= 4 is 41.3 Å². The monoisotopic (exact) mass is 367 g/mol. The topological polar surface area (TPSA) is 50.8 Å². The number of rotatable bonds is 2. The van der Waals surface area contributed by atoms with Gasteiger partial charge in [-0.2, -0.15) is 0 Å². The summed E-state index contributed by atoms with van der Waals surface area (Å²) in [6.07, 6.45) is 0. The van der Waals surface area contributed by atoms with Crippen molar-refractivity contribution in [2.75, 3.05) is 26.3 Å². The molecule has 6 heteroatoms. The van der Waals surface area contributed by atoms with Gasteiger partial charge in [-0.05, 0) is 19.1 Å². The van der Waals surface area contributed by atoms with Gasteiger partial charge in [0, 0.05) is 22.8 Å². The highest BCUT2D eigenvalue weighted by molar-refractivity contribution is 14.0. The van der Waals surface area contributed by atoms with Crippen molar-refractivity contribution in [3.63, 3.8) is 0 Å². The number of hydrogen-bond donors (Lipinski definition) is 1. The zero-order chi connectivity index (χ0) is 11.4. The van der Waals surface area contributed by atoms with E-state index in [1.54, 1.807) is 11.3 Å². The number of aryl methyl sites for hydroxylation is 1. The third kappa shape index (κ3) is 4.44. The highest BCUT2D eigenvalue weighted by Gasteiger charge is 2.11. The van der Waals surface area contributed by atoms with Crippen LogP contribution in [0.1, 0.15) is 9.75 Å². The van der Waals surface area contributed by atoms with Crippen molar-refractivity contribution in [1.29, 1.82) is 0 Å². The van der Waals surface area contributed by atoms with Crippen molar-refractivity contribution in [1.82, 2.24) is 4.90 Å². The van der Waals surface area contributed by atoms with E-state index in [9.17, 15) is 0 Å². The Balaban J connectivity index is 0.00000144. The van der Waals surface area contributed by atoms with Crippen LogP contribution >= 0.6 is 35.3 Å². The lowest BCUT2D eigenvalue weighted by molar-refractivity contribution is 0.0674. The lowest BCUT2D eigenvalue weighted by Gasteiger charge is -2.27. The molecule has 0 atom stereocenters.